The van der Waals surface area contributed by atoms with Gasteiger partial charge in [-0.1, -0.05) is 0 Å². The Hall–Kier alpha value is -0.450. The zero-order chi connectivity index (χ0) is 10.0. The normalized spacial score (nSPS) is 33.1. The zero-order valence-corrected chi connectivity index (χ0v) is 8.96. The molecule has 4 heteroatoms. The fourth-order valence-electron chi connectivity index (χ4n) is 2.20. The van der Waals surface area contributed by atoms with Crippen molar-refractivity contribution in [2.45, 2.75) is 43.7 Å². The third-order valence-electron chi connectivity index (χ3n) is 2.85. The summed E-state index contributed by atoms with van der Waals surface area (Å²) in [4.78, 5) is 5.17. The highest BCUT2D eigenvalue weighted by Gasteiger charge is 2.33. The lowest BCUT2D eigenvalue weighted by molar-refractivity contribution is -0.00127. The Morgan fingerprint density at radius 3 is 3.21 bits per heavy atom. The molecular formula is C10H16N2OS. The summed E-state index contributed by atoms with van der Waals surface area (Å²) in [5.74, 6) is 0. The number of nitrogens with two attached hydrogens (primary N) is 1. The first-order valence-corrected chi connectivity index (χ1v) is 5.91. The second-order valence-electron chi connectivity index (χ2n) is 4.23. The molecule has 14 heavy (non-hydrogen) atoms. The van der Waals surface area contributed by atoms with Gasteiger partial charge in [0.2, 0.25) is 0 Å². The molecule has 1 heterocycles. The molecular weight excluding hydrogens is 196 g/mol. The molecule has 0 aromatic carbocycles. The van der Waals surface area contributed by atoms with Crippen molar-refractivity contribution < 1.29 is 5.11 Å². The SMILES string of the molecule is NC1CCCC(O)(Cc2cncs2)C1. The van der Waals surface area contributed by atoms with E-state index in [-0.39, 0.29) is 6.04 Å². The lowest BCUT2D eigenvalue weighted by atomic mass is 9.80. The van der Waals surface area contributed by atoms with Gasteiger partial charge in [0.25, 0.3) is 0 Å². The summed E-state index contributed by atoms with van der Waals surface area (Å²) in [7, 11) is 0. The molecule has 1 aliphatic carbocycles. The lowest BCUT2D eigenvalue weighted by Crippen LogP contribution is -2.42. The van der Waals surface area contributed by atoms with E-state index >= 15 is 0 Å². The van der Waals surface area contributed by atoms with Crippen LogP contribution < -0.4 is 5.73 Å². The van der Waals surface area contributed by atoms with Crippen molar-refractivity contribution in [3.05, 3.63) is 16.6 Å². The fourth-order valence-corrected chi connectivity index (χ4v) is 2.93. The molecule has 2 atom stereocenters. The highest BCUT2D eigenvalue weighted by atomic mass is 32.1. The molecule has 1 aromatic rings. The Labute approximate surface area is 88.0 Å². The zero-order valence-electron chi connectivity index (χ0n) is 8.15. The van der Waals surface area contributed by atoms with Crippen LogP contribution in [0.4, 0.5) is 0 Å². The predicted octanol–water partition coefficient (Wildman–Crippen LogP) is 1.32. The second-order valence-corrected chi connectivity index (χ2v) is 5.20. The topological polar surface area (TPSA) is 59.1 Å². The van der Waals surface area contributed by atoms with Crippen LogP contribution in [-0.4, -0.2) is 21.7 Å². The molecule has 0 bridgehead atoms. The van der Waals surface area contributed by atoms with Gasteiger partial charge >= 0.3 is 0 Å². The molecule has 1 fully saturated rings. The third-order valence-corrected chi connectivity index (χ3v) is 3.63. The van der Waals surface area contributed by atoms with E-state index in [4.69, 9.17) is 5.73 Å². The highest BCUT2D eigenvalue weighted by molar-refractivity contribution is 7.09. The van der Waals surface area contributed by atoms with Gasteiger partial charge in [0, 0.05) is 23.5 Å². The maximum Gasteiger partial charge on any atom is 0.0794 e. The molecule has 0 amide bonds. The van der Waals surface area contributed by atoms with Crippen LogP contribution in [0.3, 0.4) is 0 Å². The van der Waals surface area contributed by atoms with Gasteiger partial charge < -0.3 is 10.8 Å². The monoisotopic (exact) mass is 212 g/mol. The Balaban J connectivity index is 2.01. The van der Waals surface area contributed by atoms with Crippen molar-refractivity contribution >= 4 is 11.3 Å². The molecule has 1 aliphatic rings. The summed E-state index contributed by atoms with van der Waals surface area (Å²) in [5, 5.41) is 10.3. The maximum atomic E-state index is 10.3. The van der Waals surface area contributed by atoms with E-state index in [9.17, 15) is 5.11 Å². The largest absolute Gasteiger partial charge is 0.389 e. The van der Waals surface area contributed by atoms with Crippen LogP contribution >= 0.6 is 11.3 Å². The molecule has 2 unspecified atom stereocenters. The molecule has 1 aromatic heterocycles. The molecule has 3 N–H and O–H groups in total. The summed E-state index contributed by atoms with van der Waals surface area (Å²) in [6.07, 6.45) is 6.24. The number of hydrogen-bond acceptors (Lipinski definition) is 4. The summed E-state index contributed by atoms with van der Waals surface area (Å²) in [6.45, 7) is 0. The fraction of sp³-hybridized carbons (Fsp3) is 0.700. The molecule has 0 saturated heterocycles. The van der Waals surface area contributed by atoms with E-state index in [1.54, 1.807) is 16.8 Å². The van der Waals surface area contributed by atoms with Crippen LogP contribution in [0.25, 0.3) is 0 Å². The van der Waals surface area contributed by atoms with Crippen LogP contribution in [0.5, 0.6) is 0 Å². The number of thiazole rings is 1. The van der Waals surface area contributed by atoms with Crippen LogP contribution in [0.15, 0.2) is 11.7 Å². The van der Waals surface area contributed by atoms with Gasteiger partial charge in [-0.05, 0) is 25.7 Å². The average Bonchev–Trinajstić information content (AvgIpc) is 2.55. The van der Waals surface area contributed by atoms with Gasteiger partial charge in [-0.2, -0.15) is 0 Å². The van der Waals surface area contributed by atoms with Gasteiger partial charge in [-0.15, -0.1) is 11.3 Å². The van der Waals surface area contributed by atoms with Gasteiger partial charge in [0.15, 0.2) is 0 Å². The summed E-state index contributed by atoms with van der Waals surface area (Å²) < 4.78 is 0. The lowest BCUT2D eigenvalue weighted by Gasteiger charge is -2.35. The smallest absolute Gasteiger partial charge is 0.0794 e. The van der Waals surface area contributed by atoms with Crippen molar-refractivity contribution in [1.29, 1.82) is 0 Å². The first-order chi connectivity index (χ1) is 6.68. The van der Waals surface area contributed by atoms with Crippen LogP contribution in [0.2, 0.25) is 0 Å². The van der Waals surface area contributed by atoms with Crippen molar-refractivity contribution in [3.63, 3.8) is 0 Å². The second kappa shape index (κ2) is 3.96. The van der Waals surface area contributed by atoms with Gasteiger partial charge in [-0.3, -0.25) is 4.98 Å². The standard InChI is InChI=1S/C10H16N2OS/c11-8-2-1-3-10(13,4-8)5-9-6-12-7-14-9/h6-8,13H,1-5,11H2. The minimum absolute atomic E-state index is 0.168. The predicted molar refractivity (Wildman–Crippen MR) is 57.2 cm³/mol. The Morgan fingerprint density at radius 1 is 1.71 bits per heavy atom. The van der Waals surface area contributed by atoms with E-state index in [2.05, 4.69) is 4.98 Å². The van der Waals surface area contributed by atoms with E-state index in [0.717, 1.165) is 30.6 Å². The Morgan fingerprint density at radius 2 is 2.57 bits per heavy atom. The van der Waals surface area contributed by atoms with Gasteiger partial charge in [0.1, 0.15) is 0 Å². The molecule has 0 aliphatic heterocycles. The summed E-state index contributed by atoms with van der Waals surface area (Å²) >= 11 is 1.60. The van der Waals surface area contributed by atoms with Crippen LogP contribution in [-0.2, 0) is 6.42 Å². The number of aromatic nitrogens is 1. The van der Waals surface area contributed by atoms with Gasteiger partial charge in [0.05, 0.1) is 11.1 Å². The van der Waals surface area contributed by atoms with E-state index in [1.165, 1.54) is 0 Å². The molecule has 2 rings (SSSR count). The molecule has 0 spiro atoms. The van der Waals surface area contributed by atoms with E-state index in [1.807, 2.05) is 6.20 Å². The first kappa shape index (κ1) is 10.1. The third kappa shape index (κ3) is 2.32. The average molecular weight is 212 g/mol. The first-order valence-electron chi connectivity index (χ1n) is 5.03. The number of hydrogen-bond donors (Lipinski definition) is 2. The number of nitrogens with zero attached hydrogens (tertiary/aromatic N) is 1. The minimum Gasteiger partial charge on any atom is -0.389 e. The highest BCUT2D eigenvalue weighted by Crippen LogP contribution is 2.31. The maximum absolute atomic E-state index is 10.3. The van der Waals surface area contributed by atoms with Crippen molar-refractivity contribution in [2.24, 2.45) is 5.73 Å². The summed E-state index contributed by atoms with van der Waals surface area (Å²) in [6, 6.07) is 0.168. The quantitative estimate of drug-likeness (QED) is 0.777. The van der Waals surface area contributed by atoms with Crippen molar-refractivity contribution in [3.8, 4) is 0 Å². The number of aliphatic hydroxyl groups is 1. The number of rotatable bonds is 2. The minimum atomic E-state index is -0.579. The van der Waals surface area contributed by atoms with Crippen LogP contribution in [0, 0.1) is 0 Å². The Kier molecular flexibility index (Phi) is 2.85. The molecule has 3 nitrogen and oxygen atoms in total. The Bertz CT molecular complexity index is 288. The van der Waals surface area contributed by atoms with Crippen molar-refractivity contribution in [1.82, 2.24) is 4.98 Å². The molecule has 78 valence electrons. The van der Waals surface area contributed by atoms with Crippen LogP contribution in [0.1, 0.15) is 30.6 Å². The molecule has 1 saturated carbocycles. The van der Waals surface area contributed by atoms with E-state index < -0.39 is 5.60 Å². The van der Waals surface area contributed by atoms with E-state index in [0.29, 0.717) is 6.42 Å². The molecule has 0 radical (unpaired) electrons. The summed E-state index contributed by atoms with van der Waals surface area (Å²) in [5.41, 5.74) is 7.09. The van der Waals surface area contributed by atoms with Gasteiger partial charge in [-0.25, -0.2) is 0 Å². The van der Waals surface area contributed by atoms with Crippen molar-refractivity contribution in [2.75, 3.05) is 0 Å².